The Labute approximate surface area is 175 Å². The van der Waals surface area contributed by atoms with Crippen molar-refractivity contribution in [1.29, 1.82) is 0 Å². The maximum absolute atomic E-state index is 8.35. The minimum atomic E-state index is 0.244. The summed E-state index contributed by atoms with van der Waals surface area (Å²) in [5, 5.41) is 0. The van der Waals surface area contributed by atoms with E-state index in [9.17, 15) is 0 Å². The molecule has 2 aromatic heterocycles. The lowest BCUT2D eigenvalue weighted by Gasteiger charge is -2.23. The number of nitrogens with one attached hydrogen (secondary N) is 1. The summed E-state index contributed by atoms with van der Waals surface area (Å²) >= 11 is 0. The lowest BCUT2D eigenvalue weighted by molar-refractivity contribution is 0.305. The molecule has 0 bridgehead atoms. The number of rotatable bonds is 6. The molecule has 0 amide bonds. The molecule has 0 atom stereocenters. The largest absolute Gasteiger partial charge is 0.497 e. The summed E-state index contributed by atoms with van der Waals surface area (Å²) < 4.78 is 13.4. The van der Waals surface area contributed by atoms with E-state index in [1.165, 1.54) is 6.42 Å². The van der Waals surface area contributed by atoms with Crippen LogP contribution < -0.4 is 15.2 Å². The average Bonchev–Trinajstić information content (AvgIpc) is 3.12. The predicted octanol–water partition coefficient (Wildman–Crippen LogP) is 5.17. The van der Waals surface area contributed by atoms with Crippen molar-refractivity contribution in [2.24, 2.45) is 0 Å². The summed E-state index contributed by atoms with van der Waals surface area (Å²) in [4.78, 5) is 9.14. The van der Waals surface area contributed by atoms with Crippen LogP contribution in [0.15, 0.2) is 60.9 Å². The smallest absolute Gasteiger partial charge is 0.171 e. The monoisotopic (exact) mass is 399 g/mol. The van der Waals surface area contributed by atoms with Gasteiger partial charge in [0, 0.05) is 23.9 Å². The van der Waals surface area contributed by atoms with Gasteiger partial charge in [-0.25, -0.2) is 9.97 Å². The molecule has 1 aliphatic rings. The lowest BCUT2D eigenvalue weighted by Crippen LogP contribution is -2.12. The molecule has 30 heavy (non-hydrogen) atoms. The van der Waals surface area contributed by atoms with Gasteiger partial charge in [-0.15, -0.1) is 0 Å². The molecular formula is C24H23N4O2. The molecular weight excluding hydrogens is 376 g/mol. The molecule has 1 aliphatic carbocycles. The van der Waals surface area contributed by atoms with Gasteiger partial charge >= 0.3 is 0 Å². The molecule has 2 aromatic carbocycles. The van der Waals surface area contributed by atoms with E-state index in [1.807, 2.05) is 59.1 Å². The molecule has 0 unspecified atom stereocenters. The standard InChI is InChI=1S/C24H23N4O2/c1-29-19-9-2-5-16(13-19)15-30-20-10-4-8-18(14-20)21-22-23(25)26-11-12-28(22)24(27-21)17-6-3-7-17/h2,4-5,8-14,17,25H,3,6-7,15H2,1H3. The molecule has 151 valence electrons. The number of ether oxygens (including phenoxy) is 2. The Morgan fingerprint density at radius 3 is 2.73 bits per heavy atom. The van der Waals surface area contributed by atoms with Crippen molar-refractivity contribution in [2.75, 3.05) is 7.11 Å². The number of benzene rings is 2. The fourth-order valence-corrected chi connectivity index (χ4v) is 3.88. The Hall–Kier alpha value is -3.54. The van der Waals surface area contributed by atoms with Crippen LogP contribution in [0.25, 0.3) is 16.8 Å². The highest BCUT2D eigenvalue weighted by Crippen LogP contribution is 2.39. The maximum Gasteiger partial charge on any atom is 0.171 e. The molecule has 1 saturated carbocycles. The quantitative estimate of drug-likeness (QED) is 0.449. The second-order valence-corrected chi connectivity index (χ2v) is 7.61. The molecule has 4 aromatic rings. The Morgan fingerprint density at radius 2 is 1.93 bits per heavy atom. The summed E-state index contributed by atoms with van der Waals surface area (Å²) in [5.74, 6) is 3.31. The van der Waals surface area contributed by atoms with Gasteiger partial charge in [-0.05, 0) is 42.7 Å². The zero-order valence-corrected chi connectivity index (χ0v) is 16.8. The van der Waals surface area contributed by atoms with E-state index in [0.29, 0.717) is 12.5 Å². The van der Waals surface area contributed by atoms with E-state index >= 15 is 0 Å². The van der Waals surface area contributed by atoms with E-state index in [4.69, 9.17) is 20.2 Å². The second kappa shape index (κ2) is 7.71. The highest BCUT2D eigenvalue weighted by atomic mass is 16.5. The fraction of sp³-hybridized carbons (Fsp3) is 0.250. The molecule has 2 heterocycles. The number of aromatic nitrogens is 3. The van der Waals surface area contributed by atoms with Gasteiger partial charge in [-0.2, -0.15) is 0 Å². The molecule has 1 fully saturated rings. The van der Waals surface area contributed by atoms with Crippen LogP contribution in [0.3, 0.4) is 0 Å². The summed E-state index contributed by atoms with van der Waals surface area (Å²) in [6.07, 6.45) is 7.13. The Balaban J connectivity index is 1.47. The van der Waals surface area contributed by atoms with Gasteiger partial charge in [-0.1, -0.05) is 30.7 Å². The predicted molar refractivity (Wildman–Crippen MR) is 115 cm³/mol. The zero-order chi connectivity index (χ0) is 20.5. The Morgan fingerprint density at radius 1 is 1.10 bits per heavy atom. The number of hydrogen-bond donors (Lipinski definition) is 0. The first-order chi connectivity index (χ1) is 14.7. The first-order valence-corrected chi connectivity index (χ1v) is 10.2. The van der Waals surface area contributed by atoms with Crippen LogP contribution in [0.5, 0.6) is 11.5 Å². The number of imidazole rings is 1. The van der Waals surface area contributed by atoms with Crippen LogP contribution >= 0.6 is 0 Å². The molecule has 6 nitrogen and oxygen atoms in total. The normalized spacial score (nSPS) is 13.9. The highest BCUT2D eigenvalue weighted by molar-refractivity contribution is 5.85. The van der Waals surface area contributed by atoms with Gasteiger partial charge in [0.25, 0.3) is 0 Å². The van der Waals surface area contributed by atoms with E-state index in [1.54, 1.807) is 13.3 Å². The molecule has 1 radical (unpaired) electrons. The minimum absolute atomic E-state index is 0.244. The van der Waals surface area contributed by atoms with Crippen molar-refractivity contribution >= 4 is 11.3 Å². The number of nitrogens with zero attached hydrogens (tertiary/aromatic N) is 3. The maximum atomic E-state index is 8.35. The minimum Gasteiger partial charge on any atom is -0.497 e. The van der Waals surface area contributed by atoms with Crippen molar-refractivity contribution in [3.05, 3.63) is 72.3 Å². The SMILES string of the molecule is COc1cccc(COc2cccc(-c3nc(C4CCC4)n4ccnc([NH])c34)c2)c1. The van der Waals surface area contributed by atoms with E-state index in [0.717, 1.165) is 52.5 Å². The van der Waals surface area contributed by atoms with Crippen LogP contribution in [-0.2, 0) is 6.61 Å². The third kappa shape index (κ3) is 3.34. The van der Waals surface area contributed by atoms with Crippen LogP contribution in [0, 0.1) is 0 Å². The van der Waals surface area contributed by atoms with Gasteiger partial charge in [-0.3, -0.25) is 10.1 Å². The average molecular weight is 399 g/mol. The Kier molecular flexibility index (Phi) is 4.75. The molecule has 5 rings (SSSR count). The molecule has 0 saturated heterocycles. The van der Waals surface area contributed by atoms with Crippen molar-refractivity contribution in [3.8, 4) is 22.8 Å². The van der Waals surface area contributed by atoms with Crippen LogP contribution in [-0.4, -0.2) is 21.5 Å². The van der Waals surface area contributed by atoms with E-state index in [2.05, 4.69) is 4.98 Å². The summed E-state index contributed by atoms with van der Waals surface area (Å²) in [6.45, 7) is 0.448. The van der Waals surface area contributed by atoms with Gasteiger partial charge < -0.3 is 9.47 Å². The number of hydrogen-bond acceptors (Lipinski definition) is 4. The molecule has 6 heteroatoms. The fourth-order valence-electron chi connectivity index (χ4n) is 3.88. The number of methoxy groups -OCH3 is 1. The number of fused-ring (bicyclic) bond motifs is 1. The first kappa shape index (κ1) is 18.5. The van der Waals surface area contributed by atoms with Crippen LogP contribution in [0.2, 0.25) is 0 Å². The van der Waals surface area contributed by atoms with Gasteiger partial charge in [0.1, 0.15) is 35.1 Å². The van der Waals surface area contributed by atoms with E-state index < -0.39 is 0 Å². The van der Waals surface area contributed by atoms with Crippen molar-refractivity contribution in [1.82, 2.24) is 20.1 Å². The van der Waals surface area contributed by atoms with E-state index in [-0.39, 0.29) is 5.82 Å². The second-order valence-electron chi connectivity index (χ2n) is 7.61. The summed E-state index contributed by atoms with van der Waals surface area (Å²) in [6, 6.07) is 15.8. The van der Waals surface area contributed by atoms with Crippen molar-refractivity contribution in [2.45, 2.75) is 31.8 Å². The Bertz CT molecular complexity index is 1200. The third-order valence-electron chi connectivity index (χ3n) is 5.70. The third-order valence-corrected chi connectivity index (χ3v) is 5.70. The summed E-state index contributed by atoms with van der Waals surface area (Å²) in [5.41, 5.74) is 11.9. The lowest BCUT2D eigenvalue weighted by atomic mass is 9.85. The first-order valence-electron chi connectivity index (χ1n) is 10.2. The zero-order valence-electron chi connectivity index (χ0n) is 16.8. The molecule has 0 spiro atoms. The van der Waals surface area contributed by atoms with Crippen LogP contribution in [0.1, 0.15) is 36.6 Å². The highest BCUT2D eigenvalue weighted by Gasteiger charge is 2.27. The van der Waals surface area contributed by atoms with Crippen molar-refractivity contribution in [3.63, 3.8) is 0 Å². The molecule has 1 N–H and O–H groups in total. The molecule has 0 aliphatic heterocycles. The van der Waals surface area contributed by atoms with Crippen molar-refractivity contribution < 1.29 is 9.47 Å². The topological polar surface area (TPSA) is 72.5 Å². The van der Waals surface area contributed by atoms with Gasteiger partial charge in [0.05, 0.1) is 7.11 Å². The summed E-state index contributed by atoms with van der Waals surface area (Å²) in [7, 11) is 1.66. The van der Waals surface area contributed by atoms with Gasteiger partial charge in [0.2, 0.25) is 0 Å². The van der Waals surface area contributed by atoms with Crippen LogP contribution in [0.4, 0.5) is 5.82 Å². The van der Waals surface area contributed by atoms with Gasteiger partial charge in [0.15, 0.2) is 5.82 Å².